The maximum absolute atomic E-state index is 8.92. The van der Waals surface area contributed by atoms with Gasteiger partial charge in [0.15, 0.2) is 0 Å². The van der Waals surface area contributed by atoms with Crippen LogP contribution in [0.15, 0.2) is 30.5 Å². The van der Waals surface area contributed by atoms with Crippen molar-refractivity contribution in [2.24, 2.45) is 5.92 Å². The van der Waals surface area contributed by atoms with Gasteiger partial charge in [0.1, 0.15) is 10.9 Å². The van der Waals surface area contributed by atoms with Crippen LogP contribution >= 0.6 is 11.3 Å². The second-order valence-electron chi connectivity index (χ2n) is 6.25. The standard InChI is InChI=1S/C19H22N2S/c1-2-3-14-4-6-15(7-5-14)18-10-8-16(13-21-18)19-11-9-17(12-20)22-19/h8-11,13-15H,2-7H2,1H3. The Hall–Kier alpha value is -1.66. The van der Waals surface area contributed by atoms with Crippen molar-refractivity contribution < 1.29 is 0 Å². The molecule has 0 unspecified atom stereocenters. The van der Waals surface area contributed by atoms with E-state index >= 15 is 0 Å². The van der Waals surface area contributed by atoms with Crippen LogP contribution in [0.4, 0.5) is 0 Å². The minimum absolute atomic E-state index is 0.639. The summed E-state index contributed by atoms with van der Waals surface area (Å²) in [4.78, 5) is 6.59. The van der Waals surface area contributed by atoms with Crippen molar-refractivity contribution in [2.75, 3.05) is 0 Å². The van der Waals surface area contributed by atoms with Gasteiger partial charge in [-0.2, -0.15) is 5.26 Å². The lowest BCUT2D eigenvalue weighted by molar-refractivity contribution is 0.305. The lowest BCUT2D eigenvalue weighted by Crippen LogP contribution is -2.14. The van der Waals surface area contributed by atoms with Crippen molar-refractivity contribution in [1.29, 1.82) is 5.26 Å². The summed E-state index contributed by atoms with van der Waals surface area (Å²) in [5, 5.41) is 8.92. The molecule has 2 nitrogen and oxygen atoms in total. The Bertz CT molecular complexity index is 643. The fourth-order valence-corrected chi connectivity index (χ4v) is 4.29. The monoisotopic (exact) mass is 310 g/mol. The summed E-state index contributed by atoms with van der Waals surface area (Å²) in [5.74, 6) is 1.58. The van der Waals surface area contributed by atoms with Crippen LogP contribution < -0.4 is 0 Å². The van der Waals surface area contributed by atoms with E-state index in [-0.39, 0.29) is 0 Å². The van der Waals surface area contributed by atoms with Gasteiger partial charge >= 0.3 is 0 Å². The van der Waals surface area contributed by atoms with Gasteiger partial charge in [-0.15, -0.1) is 11.3 Å². The molecule has 22 heavy (non-hydrogen) atoms. The number of nitrogens with zero attached hydrogens (tertiary/aromatic N) is 2. The minimum atomic E-state index is 0.639. The van der Waals surface area contributed by atoms with Crippen LogP contribution in [0.2, 0.25) is 0 Å². The van der Waals surface area contributed by atoms with E-state index in [1.807, 2.05) is 18.3 Å². The van der Waals surface area contributed by atoms with Crippen LogP contribution in [0.1, 0.15) is 61.9 Å². The van der Waals surface area contributed by atoms with Gasteiger partial charge in [0.2, 0.25) is 0 Å². The lowest BCUT2D eigenvalue weighted by atomic mass is 9.78. The zero-order chi connectivity index (χ0) is 15.4. The van der Waals surface area contributed by atoms with Crippen LogP contribution in [0.5, 0.6) is 0 Å². The number of hydrogen-bond donors (Lipinski definition) is 0. The predicted molar refractivity (Wildman–Crippen MR) is 91.9 cm³/mol. The maximum Gasteiger partial charge on any atom is 0.110 e. The number of pyridine rings is 1. The molecule has 0 bridgehead atoms. The summed E-state index contributed by atoms with van der Waals surface area (Å²) in [7, 11) is 0. The van der Waals surface area contributed by atoms with E-state index in [0.29, 0.717) is 5.92 Å². The van der Waals surface area contributed by atoms with Gasteiger partial charge in [0.25, 0.3) is 0 Å². The summed E-state index contributed by atoms with van der Waals surface area (Å²) in [6.07, 6.45) is 9.97. The highest BCUT2D eigenvalue weighted by atomic mass is 32.1. The Labute approximate surface area is 136 Å². The molecule has 0 radical (unpaired) electrons. The molecule has 0 N–H and O–H groups in total. The van der Waals surface area contributed by atoms with E-state index in [2.05, 4.69) is 25.1 Å². The van der Waals surface area contributed by atoms with E-state index in [1.54, 1.807) is 0 Å². The zero-order valence-electron chi connectivity index (χ0n) is 13.1. The van der Waals surface area contributed by atoms with Crippen molar-refractivity contribution in [2.45, 2.75) is 51.4 Å². The number of hydrogen-bond acceptors (Lipinski definition) is 3. The number of thiophene rings is 1. The predicted octanol–water partition coefficient (Wildman–Crippen LogP) is 5.76. The molecule has 0 aromatic carbocycles. The molecule has 0 amide bonds. The molecule has 2 heterocycles. The molecule has 2 aromatic rings. The average Bonchev–Trinajstić information content (AvgIpc) is 3.05. The van der Waals surface area contributed by atoms with E-state index in [9.17, 15) is 0 Å². The Kier molecular flexibility index (Phi) is 4.90. The quantitative estimate of drug-likeness (QED) is 0.720. The molecular formula is C19H22N2S. The molecule has 114 valence electrons. The van der Waals surface area contributed by atoms with E-state index < -0.39 is 0 Å². The van der Waals surface area contributed by atoms with Crippen LogP contribution in [0, 0.1) is 17.2 Å². The van der Waals surface area contributed by atoms with Crippen LogP contribution in [-0.4, -0.2) is 4.98 Å². The highest BCUT2D eigenvalue weighted by Crippen LogP contribution is 2.37. The number of nitriles is 1. The summed E-state index contributed by atoms with van der Waals surface area (Å²) in [5.41, 5.74) is 2.37. The highest BCUT2D eigenvalue weighted by molar-refractivity contribution is 7.16. The molecule has 0 saturated heterocycles. The second-order valence-corrected chi connectivity index (χ2v) is 7.34. The van der Waals surface area contributed by atoms with Gasteiger partial charge in [0, 0.05) is 28.2 Å². The van der Waals surface area contributed by atoms with Crippen molar-refractivity contribution in [3.05, 3.63) is 41.0 Å². The molecule has 0 aliphatic heterocycles. The zero-order valence-corrected chi connectivity index (χ0v) is 13.9. The summed E-state index contributed by atoms with van der Waals surface area (Å²) >= 11 is 1.53. The van der Waals surface area contributed by atoms with Crippen molar-refractivity contribution in [3.8, 4) is 16.5 Å². The van der Waals surface area contributed by atoms with Gasteiger partial charge in [-0.05, 0) is 49.8 Å². The molecule has 2 aromatic heterocycles. The molecular weight excluding hydrogens is 288 g/mol. The molecule has 3 rings (SSSR count). The number of aromatic nitrogens is 1. The second kappa shape index (κ2) is 7.07. The Morgan fingerprint density at radius 3 is 2.59 bits per heavy atom. The Morgan fingerprint density at radius 2 is 2.00 bits per heavy atom. The van der Waals surface area contributed by atoms with E-state index in [1.165, 1.54) is 55.6 Å². The number of rotatable bonds is 4. The Morgan fingerprint density at radius 1 is 1.18 bits per heavy atom. The molecule has 1 aliphatic rings. The van der Waals surface area contributed by atoms with Gasteiger partial charge < -0.3 is 0 Å². The third kappa shape index (κ3) is 3.39. The van der Waals surface area contributed by atoms with Crippen molar-refractivity contribution in [3.63, 3.8) is 0 Å². The highest BCUT2D eigenvalue weighted by Gasteiger charge is 2.22. The average molecular weight is 310 g/mol. The Balaban J connectivity index is 1.66. The summed E-state index contributed by atoms with van der Waals surface area (Å²) in [6, 6.07) is 10.4. The molecule has 0 spiro atoms. The third-order valence-corrected chi connectivity index (χ3v) is 5.79. The minimum Gasteiger partial charge on any atom is -0.260 e. The first kappa shape index (κ1) is 15.2. The van der Waals surface area contributed by atoms with Gasteiger partial charge in [-0.3, -0.25) is 4.98 Å². The largest absolute Gasteiger partial charge is 0.260 e. The molecule has 1 aliphatic carbocycles. The fraction of sp³-hybridized carbons (Fsp3) is 0.474. The van der Waals surface area contributed by atoms with Gasteiger partial charge in [0.05, 0.1) is 0 Å². The smallest absolute Gasteiger partial charge is 0.110 e. The SMILES string of the molecule is CCCC1CCC(c2ccc(-c3ccc(C#N)s3)cn2)CC1. The molecule has 3 heteroatoms. The van der Waals surface area contributed by atoms with Crippen molar-refractivity contribution >= 4 is 11.3 Å². The van der Waals surface area contributed by atoms with E-state index in [0.717, 1.165) is 21.2 Å². The van der Waals surface area contributed by atoms with E-state index in [4.69, 9.17) is 10.2 Å². The van der Waals surface area contributed by atoms with Gasteiger partial charge in [-0.1, -0.05) is 25.8 Å². The molecule has 1 saturated carbocycles. The molecule has 0 atom stereocenters. The molecule has 1 fully saturated rings. The maximum atomic E-state index is 8.92. The first-order valence-corrected chi connectivity index (χ1v) is 9.08. The van der Waals surface area contributed by atoms with Crippen LogP contribution in [0.25, 0.3) is 10.4 Å². The first-order chi connectivity index (χ1) is 10.8. The van der Waals surface area contributed by atoms with Crippen LogP contribution in [0.3, 0.4) is 0 Å². The third-order valence-electron chi connectivity index (χ3n) is 4.75. The fourth-order valence-electron chi connectivity index (χ4n) is 3.50. The van der Waals surface area contributed by atoms with Gasteiger partial charge in [-0.25, -0.2) is 0 Å². The lowest BCUT2D eigenvalue weighted by Gasteiger charge is -2.28. The topological polar surface area (TPSA) is 36.7 Å². The summed E-state index contributed by atoms with van der Waals surface area (Å²) < 4.78 is 0. The first-order valence-electron chi connectivity index (χ1n) is 8.26. The van der Waals surface area contributed by atoms with Crippen molar-refractivity contribution in [1.82, 2.24) is 4.98 Å². The van der Waals surface area contributed by atoms with Crippen LogP contribution in [-0.2, 0) is 0 Å². The summed E-state index contributed by atoms with van der Waals surface area (Å²) in [6.45, 7) is 2.29. The normalized spacial score (nSPS) is 21.5.